The average Bonchev–Trinajstić information content (AvgIpc) is 1.35. The molecule has 0 aliphatic rings. The predicted octanol–water partition coefficient (Wildman–Crippen LogP) is -0.945. The number of hydrogen-bond acceptors (Lipinski definition) is 4. The SMILES string of the molecule is CS(=O)(=O)OO.[Sn]. The second-order valence-corrected chi connectivity index (χ2v) is 2.34. The third-order valence-corrected chi connectivity index (χ3v) is 0.406. The summed E-state index contributed by atoms with van der Waals surface area (Å²) < 4.78 is 22.0. The van der Waals surface area contributed by atoms with E-state index in [9.17, 15) is 8.42 Å². The van der Waals surface area contributed by atoms with Crippen LogP contribution in [0.5, 0.6) is 0 Å². The normalized spacial score (nSPS) is 10.0. The fourth-order valence-electron chi connectivity index (χ4n) is 0. The minimum absolute atomic E-state index is 0. The maximum absolute atomic E-state index is 9.53. The summed E-state index contributed by atoms with van der Waals surface area (Å²) >= 11 is 0. The van der Waals surface area contributed by atoms with Gasteiger partial charge < -0.3 is 0 Å². The average molecular weight is 231 g/mol. The van der Waals surface area contributed by atoms with Crippen LogP contribution in [-0.2, 0) is 14.5 Å². The molecule has 0 rings (SSSR count). The Morgan fingerprint density at radius 1 is 1.57 bits per heavy atom. The zero-order chi connectivity index (χ0) is 5.21. The van der Waals surface area contributed by atoms with E-state index in [0.29, 0.717) is 0 Å². The summed E-state index contributed by atoms with van der Waals surface area (Å²) in [5.41, 5.74) is 0. The molecule has 0 aliphatic heterocycles. The van der Waals surface area contributed by atoms with Crippen LogP contribution in [-0.4, -0.2) is 43.8 Å². The first-order chi connectivity index (χ1) is 2.56. The topological polar surface area (TPSA) is 63.6 Å². The molecule has 0 aromatic rings. The summed E-state index contributed by atoms with van der Waals surface area (Å²) in [5.74, 6) is 0. The van der Waals surface area contributed by atoms with E-state index in [-0.39, 0.29) is 23.9 Å². The molecule has 42 valence electrons. The number of hydrogen-bond donors (Lipinski definition) is 1. The van der Waals surface area contributed by atoms with Crippen molar-refractivity contribution in [2.24, 2.45) is 0 Å². The van der Waals surface area contributed by atoms with Crippen LogP contribution in [0, 0.1) is 0 Å². The number of rotatable bonds is 1. The standard InChI is InChI=1S/CH4O4S.Sn/c1-6(3,4)5-2;/h2H,1H3;. The van der Waals surface area contributed by atoms with Gasteiger partial charge in [0.1, 0.15) is 0 Å². The van der Waals surface area contributed by atoms with Crippen molar-refractivity contribution >= 4 is 34.0 Å². The Morgan fingerprint density at radius 2 is 1.71 bits per heavy atom. The van der Waals surface area contributed by atoms with Crippen LogP contribution >= 0.6 is 0 Å². The van der Waals surface area contributed by atoms with E-state index in [1.165, 1.54) is 0 Å². The van der Waals surface area contributed by atoms with Crippen LogP contribution in [0.3, 0.4) is 0 Å². The molecule has 0 heterocycles. The molecule has 7 heavy (non-hydrogen) atoms. The molecule has 0 aromatic heterocycles. The van der Waals surface area contributed by atoms with Gasteiger partial charge in [-0.05, 0) is 0 Å². The van der Waals surface area contributed by atoms with E-state index in [1.807, 2.05) is 0 Å². The van der Waals surface area contributed by atoms with Gasteiger partial charge in [0.25, 0.3) is 10.1 Å². The van der Waals surface area contributed by atoms with Gasteiger partial charge in [0.15, 0.2) is 0 Å². The molecule has 1 N–H and O–H groups in total. The maximum Gasteiger partial charge on any atom is 0.290 e. The van der Waals surface area contributed by atoms with Gasteiger partial charge in [-0.15, -0.1) is 4.33 Å². The molecule has 0 unspecified atom stereocenters. The molecular formula is CH4O4SSn. The zero-order valence-corrected chi connectivity index (χ0v) is 7.25. The van der Waals surface area contributed by atoms with Crippen LogP contribution in [0.1, 0.15) is 0 Å². The van der Waals surface area contributed by atoms with Crippen LogP contribution in [0.15, 0.2) is 0 Å². The Labute approximate surface area is 58.5 Å². The maximum atomic E-state index is 9.53. The fraction of sp³-hybridized carbons (Fsp3) is 1.00. The summed E-state index contributed by atoms with van der Waals surface area (Å²) in [6.07, 6.45) is 0.743. The van der Waals surface area contributed by atoms with E-state index in [2.05, 4.69) is 4.33 Å². The smallest absolute Gasteiger partial charge is 0.235 e. The summed E-state index contributed by atoms with van der Waals surface area (Å²) in [5, 5.41) is 7.31. The van der Waals surface area contributed by atoms with Gasteiger partial charge in [0.2, 0.25) is 0 Å². The van der Waals surface area contributed by atoms with Crippen LogP contribution < -0.4 is 0 Å². The first kappa shape index (κ1) is 10.6. The van der Waals surface area contributed by atoms with Gasteiger partial charge in [0, 0.05) is 23.9 Å². The molecule has 0 aromatic carbocycles. The van der Waals surface area contributed by atoms with Gasteiger partial charge in [0.05, 0.1) is 6.26 Å². The largest absolute Gasteiger partial charge is 0.290 e. The Kier molecular flexibility index (Phi) is 5.52. The first-order valence-corrected chi connectivity index (χ1v) is 2.91. The third-order valence-electron chi connectivity index (χ3n) is 0.135. The molecule has 0 fully saturated rings. The monoisotopic (exact) mass is 232 g/mol. The van der Waals surface area contributed by atoms with Crippen molar-refractivity contribution in [2.45, 2.75) is 0 Å². The van der Waals surface area contributed by atoms with E-state index in [4.69, 9.17) is 5.26 Å². The molecule has 0 saturated carbocycles. The van der Waals surface area contributed by atoms with Gasteiger partial charge in [-0.3, -0.25) is 0 Å². The van der Waals surface area contributed by atoms with Crippen LogP contribution in [0.25, 0.3) is 0 Å². The third kappa shape index (κ3) is 10.8. The molecule has 0 amide bonds. The van der Waals surface area contributed by atoms with Gasteiger partial charge in [-0.1, -0.05) is 0 Å². The second-order valence-electron chi connectivity index (χ2n) is 0.779. The fourth-order valence-corrected chi connectivity index (χ4v) is 0. The molecule has 4 radical (unpaired) electrons. The Bertz CT molecular complexity index is 114. The van der Waals surface area contributed by atoms with Crippen LogP contribution in [0.2, 0.25) is 0 Å². The molecule has 0 atom stereocenters. The van der Waals surface area contributed by atoms with Crippen molar-refractivity contribution in [1.82, 2.24) is 0 Å². The van der Waals surface area contributed by atoms with Crippen molar-refractivity contribution in [2.75, 3.05) is 6.26 Å². The molecule has 6 heteroatoms. The van der Waals surface area contributed by atoms with Crippen LogP contribution in [0.4, 0.5) is 0 Å². The van der Waals surface area contributed by atoms with Crippen molar-refractivity contribution in [3.63, 3.8) is 0 Å². The minimum atomic E-state index is -3.61. The summed E-state index contributed by atoms with van der Waals surface area (Å²) in [6, 6.07) is 0. The molecule has 0 bridgehead atoms. The van der Waals surface area contributed by atoms with Gasteiger partial charge >= 0.3 is 0 Å². The van der Waals surface area contributed by atoms with E-state index >= 15 is 0 Å². The van der Waals surface area contributed by atoms with Gasteiger partial charge in [-0.2, -0.15) is 8.42 Å². The molecule has 0 saturated heterocycles. The molecule has 0 aliphatic carbocycles. The quantitative estimate of drug-likeness (QED) is 0.359. The van der Waals surface area contributed by atoms with Crippen molar-refractivity contribution < 1.29 is 18.0 Å². The molecule has 4 nitrogen and oxygen atoms in total. The van der Waals surface area contributed by atoms with E-state index in [0.717, 1.165) is 6.26 Å². The van der Waals surface area contributed by atoms with Crippen molar-refractivity contribution in [1.29, 1.82) is 0 Å². The van der Waals surface area contributed by atoms with Crippen molar-refractivity contribution in [3.05, 3.63) is 0 Å². The summed E-state index contributed by atoms with van der Waals surface area (Å²) in [7, 11) is -3.61. The summed E-state index contributed by atoms with van der Waals surface area (Å²) in [6.45, 7) is 0. The Balaban J connectivity index is 0. The van der Waals surface area contributed by atoms with E-state index < -0.39 is 10.1 Å². The Morgan fingerprint density at radius 3 is 1.71 bits per heavy atom. The zero-order valence-electron chi connectivity index (χ0n) is 3.58. The van der Waals surface area contributed by atoms with E-state index in [1.54, 1.807) is 0 Å². The summed E-state index contributed by atoms with van der Waals surface area (Å²) in [4.78, 5) is 0. The minimum Gasteiger partial charge on any atom is -0.235 e. The molecule has 0 spiro atoms. The second kappa shape index (κ2) is 3.64. The van der Waals surface area contributed by atoms with Crippen molar-refractivity contribution in [3.8, 4) is 0 Å². The first-order valence-electron chi connectivity index (χ1n) is 1.09. The van der Waals surface area contributed by atoms with Gasteiger partial charge in [-0.25, -0.2) is 5.26 Å². The molecular weight excluding hydrogens is 227 g/mol. The predicted molar refractivity (Wildman–Crippen MR) is 24.3 cm³/mol. The Hall–Kier alpha value is 0.669.